The SMILES string of the molecule is CCOc1ccccc1OCCn1cnccc1=O. The Morgan fingerprint density at radius 3 is 2.58 bits per heavy atom. The maximum absolute atomic E-state index is 11.5. The van der Waals surface area contributed by atoms with Gasteiger partial charge in [-0.3, -0.25) is 9.36 Å². The van der Waals surface area contributed by atoms with Crippen molar-refractivity contribution in [2.24, 2.45) is 0 Å². The molecule has 0 aliphatic carbocycles. The molecule has 0 aliphatic rings. The molecule has 0 spiro atoms. The molecule has 1 heterocycles. The zero-order chi connectivity index (χ0) is 13.5. The van der Waals surface area contributed by atoms with Crippen LogP contribution in [-0.4, -0.2) is 22.8 Å². The van der Waals surface area contributed by atoms with E-state index in [1.807, 2.05) is 31.2 Å². The number of rotatable bonds is 6. The summed E-state index contributed by atoms with van der Waals surface area (Å²) < 4.78 is 12.6. The van der Waals surface area contributed by atoms with Crippen LogP contribution in [0.1, 0.15) is 6.92 Å². The van der Waals surface area contributed by atoms with Gasteiger partial charge in [0.05, 0.1) is 19.5 Å². The third-order valence-corrected chi connectivity index (χ3v) is 2.53. The van der Waals surface area contributed by atoms with Gasteiger partial charge < -0.3 is 9.47 Å². The third kappa shape index (κ3) is 3.58. The molecular weight excluding hydrogens is 244 g/mol. The molecule has 0 radical (unpaired) electrons. The lowest BCUT2D eigenvalue weighted by Crippen LogP contribution is -2.22. The number of hydrogen-bond donors (Lipinski definition) is 0. The molecule has 0 atom stereocenters. The van der Waals surface area contributed by atoms with Gasteiger partial charge in [-0.25, -0.2) is 4.98 Å². The Morgan fingerprint density at radius 1 is 1.16 bits per heavy atom. The van der Waals surface area contributed by atoms with Crippen LogP contribution in [0.5, 0.6) is 11.5 Å². The van der Waals surface area contributed by atoms with Crippen LogP contribution in [0.25, 0.3) is 0 Å². The summed E-state index contributed by atoms with van der Waals surface area (Å²) >= 11 is 0. The van der Waals surface area contributed by atoms with E-state index in [1.165, 1.54) is 23.2 Å². The summed E-state index contributed by atoms with van der Waals surface area (Å²) in [5.41, 5.74) is -0.0864. The molecular formula is C14H16N2O3. The molecule has 0 saturated carbocycles. The van der Waals surface area contributed by atoms with Crippen LogP contribution in [0.2, 0.25) is 0 Å². The first kappa shape index (κ1) is 13.1. The Bertz CT molecular complexity index is 581. The number of para-hydroxylation sites is 2. The molecule has 0 amide bonds. The highest BCUT2D eigenvalue weighted by atomic mass is 16.5. The van der Waals surface area contributed by atoms with Crippen molar-refractivity contribution in [1.29, 1.82) is 0 Å². The summed E-state index contributed by atoms with van der Waals surface area (Å²) in [6.07, 6.45) is 2.98. The molecule has 5 heteroatoms. The second-order valence-corrected chi connectivity index (χ2v) is 3.84. The summed E-state index contributed by atoms with van der Waals surface area (Å²) in [5, 5.41) is 0. The average molecular weight is 260 g/mol. The molecule has 5 nitrogen and oxygen atoms in total. The smallest absolute Gasteiger partial charge is 0.253 e. The summed E-state index contributed by atoms with van der Waals surface area (Å²) in [6, 6.07) is 8.90. The van der Waals surface area contributed by atoms with E-state index in [9.17, 15) is 4.79 Å². The second kappa shape index (κ2) is 6.58. The average Bonchev–Trinajstić information content (AvgIpc) is 2.43. The minimum Gasteiger partial charge on any atom is -0.490 e. The molecule has 0 N–H and O–H groups in total. The molecule has 0 unspecified atom stereocenters. The maximum Gasteiger partial charge on any atom is 0.253 e. The molecule has 1 aromatic heterocycles. The van der Waals surface area contributed by atoms with Gasteiger partial charge in [-0.2, -0.15) is 0 Å². The summed E-state index contributed by atoms with van der Waals surface area (Å²) in [5.74, 6) is 1.39. The van der Waals surface area contributed by atoms with Crippen molar-refractivity contribution in [1.82, 2.24) is 9.55 Å². The lowest BCUT2D eigenvalue weighted by atomic mass is 10.3. The first-order valence-electron chi connectivity index (χ1n) is 6.16. The van der Waals surface area contributed by atoms with E-state index in [4.69, 9.17) is 9.47 Å². The van der Waals surface area contributed by atoms with Crippen molar-refractivity contribution in [3.05, 3.63) is 53.2 Å². The van der Waals surface area contributed by atoms with Gasteiger partial charge in [0.25, 0.3) is 5.56 Å². The van der Waals surface area contributed by atoms with Crippen LogP contribution in [-0.2, 0) is 6.54 Å². The number of benzene rings is 1. The first-order chi connectivity index (χ1) is 9.31. The van der Waals surface area contributed by atoms with Crippen LogP contribution >= 0.6 is 0 Å². The predicted octanol–water partition coefficient (Wildman–Crippen LogP) is 1.72. The standard InChI is InChI=1S/C14H16N2O3/c1-2-18-12-5-3-4-6-13(12)19-10-9-16-11-15-8-7-14(16)17/h3-8,11H,2,9-10H2,1H3. The van der Waals surface area contributed by atoms with Crippen molar-refractivity contribution in [2.45, 2.75) is 13.5 Å². The van der Waals surface area contributed by atoms with Crippen LogP contribution < -0.4 is 15.0 Å². The zero-order valence-electron chi connectivity index (χ0n) is 10.8. The van der Waals surface area contributed by atoms with Gasteiger partial charge >= 0.3 is 0 Å². The van der Waals surface area contributed by atoms with E-state index in [1.54, 1.807) is 0 Å². The van der Waals surface area contributed by atoms with E-state index >= 15 is 0 Å². The van der Waals surface area contributed by atoms with Gasteiger partial charge in [0.2, 0.25) is 0 Å². The minimum absolute atomic E-state index is 0.0864. The van der Waals surface area contributed by atoms with Gasteiger partial charge in [0.15, 0.2) is 11.5 Å². The third-order valence-electron chi connectivity index (χ3n) is 2.53. The molecule has 1 aromatic carbocycles. The van der Waals surface area contributed by atoms with Crippen molar-refractivity contribution in [3.8, 4) is 11.5 Å². The molecule has 2 aromatic rings. The van der Waals surface area contributed by atoms with E-state index in [0.29, 0.717) is 31.3 Å². The van der Waals surface area contributed by atoms with Crippen molar-refractivity contribution in [3.63, 3.8) is 0 Å². The molecule has 2 rings (SSSR count). The van der Waals surface area contributed by atoms with Crippen LogP contribution in [0.3, 0.4) is 0 Å². The van der Waals surface area contributed by atoms with E-state index < -0.39 is 0 Å². The monoisotopic (exact) mass is 260 g/mol. The van der Waals surface area contributed by atoms with Crippen molar-refractivity contribution in [2.75, 3.05) is 13.2 Å². The zero-order valence-corrected chi connectivity index (χ0v) is 10.8. The quantitative estimate of drug-likeness (QED) is 0.793. The Hall–Kier alpha value is -2.30. The number of hydrogen-bond acceptors (Lipinski definition) is 4. The number of aromatic nitrogens is 2. The highest BCUT2D eigenvalue weighted by molar-refractivity contribution is 5.39. The first-order valence-corrected chi connectivity index (χ1v) is 6.16. The van der Waals surface area contributed by atoms with Gasteiger partial charge in [-0.05, 0) is 19.1 Å². The van der Waals surface area contributed by atoms with Crippen LogP contribution in [0.15, 0.2) is 47.7 Å². The highest BCUT2D eigenvalue weighted by Gasteiger charge is 2.03. The van der Waals surface area contributed by atoms with Crippen molar-refractivity contribution < 1.29 is 9.47 Å². The Morgan fingerprint density at radius 2 is 1.89 bits per heavy atom. The fourth-order valence-corrected chi connectivity index (χ4v) is 1.64. The van der Waals surface area contributed by atoms with Gasteiger partial charge in [0.1, 0.15) is 6.61 Å². The molecule has 100 valence electrons. The highest BCUT2D eigenvalue weighted by Crippen LogP contribution is 2.26. The largest absolute Gasteiger partial charge is 0.490 e. The van der Waals surface area contributed by atoms with Gasteiger partial charge in [0, 0.05) is 12.3 Å². The lowest BCUT2D eigenvalue weighted by molar-refractivity contribution is 0.265. The van der Waals surface area contributed by atoms with E-state index in [2.05, 4.69) is 4.98 Å². The summed E-state index contributed by atoms with van der Waals surface area (Å²) in [7, 11) is 0. The van der Waals surface area contributed by atoms with Gasteiger partial charge in [-0.1, -0.05) is 12.1 Å². The predicted molar refractivity (Wildman–Crippen MR) is 71.6 cm³/mol. The molecule has 0 bridgehead atoms. The van der Waals surface area contributed by atoms with Gasteiger partial charge in [-0.15, -0.1) is 0 Å². The van der Waals surface area contributed by atoms with Crippen LogP contribution in [0, 0.1) is 0 Å². The Labute approximate surface area is 111 Å². The minimum atomic E-state index is -0.0864. The fraction of sp³-hybridized carbons (Fsp3) is 0.286. The Kier molecular flexibility index (Phi) is 4.55. The second-order valence-electron chi connectivity index (χ2n) is 3.84. The fourth-order valence-electron chi connectivity index (χ4n) is 1.64. The number of ether oxygens (including phenoxy) is 2. The summed E-state index contributed by atoms with van der Waals surface area (Å²) in [6.45, 7) is 3.34. The summed E-state index contributed by atoms with van der Waals surface area (Å²) in [4.78, 5) is 15.4. The molecule has 0 fully saturated rings. The maximum atomic E-state index is 11.5. The number of nitrogens with zero attached hydrogens (tertiary/aromatic N) is 2. The normalized spacial score (nSPS) is 10.2. The molecule has 0 aliphatic heterocycles. The molecule has 0 saturated heterocycles. The Balaban J connectivity index is 1.96. The van der Waals surface area contributed by atoms with E-state index in [0.717, 1.165) is 0 Å². The van der Waals surface area contributed by atoms with Crippen molar-refractivity contribution >= 4 is 0 Å². The van der Waals surface area contributed by atoms with Crippen LogP contribution in [0.4, 0.5) is 0 Å². The lowest BCUT2D eigenvalue weighted by Gasteiger charge is -2.11. The van der Waals surface area contributed by atoms with E-state index in [-0.39, 0.29) is 5.56 Å². The topological polar surface area (TPSA) is 53.4 Å². The molecule has 19 heavy (non-hydrogen) atoms.